The van der Waals surface area contributed by atoms with Crippen molar-refractivity contribution >= 4 is 17.3 Å². The average molecular weight is 267 g/mol. The largest absolute Gasteiger partial charge is 0.481 e. The predicted molar refractivity (Wildman–Crippen MR) is 69.5 cm³/mol. The van der Waals surface area contributed by atoms with Crippen molar-refractivity contribution in [3.63, 3.8) is 0 Å². The molecule has 0 saturated heterocycles. The first-order valence-electron chi connectivity index (χ1n) is 5.37. The van der Waals surface area contributed by atoms with Crippen LogP contribution in [0, 0.1) is 5.82 Å². The molecule has 0 aliphatic carbocycles. The number of pyridine rings is 1. The third-order valence-electron chi connectivity index (χ3n) is 2.45. The van der Waals surface area contributed by atoms with E-state index in [1.54, 1.807) is 19.4 Å². The lowest BCUT2D eigenvalue weighted by molar-refractivity contribution is 0.393. The molecular weight excluding hydrogens is 255 g/mol. The number of benzene rings is 1. The molecule has 1 aromatic heterocycles. The van der Waals surface area contributed by atoms with Gasteiger partial charge in [0.05, 0.1) is 12.1 Å². The zero-order chi connectivity index (χ0) is 13.0. The van der Waals surface area contributed by atoms with Crippen LogP contribution < -0.4 is 10.1 Å². The Hall–Kier alpha value is -1.81. The van der Waals surface area contributed by atoms with Gasteiger partial charge in [0.15, 0.2) is 0 Å². The third kappa shape index (κ3) is 2.90. The van der Waals surface area contributed by atoms with Gasteiger partial charge in [-0.15, -0.1) is 0 Å². The van der Waals surface area contributed by atoms with Gasteiger partial charge in [-0.1, -0.05) is 17.7 Å². The number of hydrogen-bond donors (Lipinski definition) is 1. The van der Waals surface area contributed by atoms with Gasteiger partial charge >= 0.3 is 0 Å². The lowest BCUT2D eigenvalue weighted by Crippen LogP contribution is -2.03. The summed E-state index contributed by atoms with van der Waals surface area (Å²) in [6, 6.07) is 8.30. The second-order valence-corrected chi connectivity index (χ2v) is 4.06. The van der Waals surface area contributed by atoms with Crippen molar-refractivity contribution in [2.24, 2.45) is 0 Å². The topological polar surface area (TPSA) is 34.1 Å². The van der Waals surface area contributed by atoms with Gasteiger partial charge in [0.2, 0.25) is 5.88 Å². The number of anilines is 1. The molecule has 0 saturated carbocycles. The number of aromatic nitrogens is 1. The van der Waals surface area contributed by atoms with E-state index in [2.05, 4.69) is 10.3 Å². The number of nitrogens with zero attached hydrogens (tertiary/aromatic N) is 1. The molecule has 0 radical (unpaired) electrons. The maximum atomic E-state index is 13.2. The number of ether oxygens (including phenoxy) is 1. The van der Waals surface area contributed by atoms with Crippen molar-refractivity contribution in [3.05, 3.63) is 52.9 Å². The van der Waals surface area contributed by atoms with Gasteiger partial charge in [0.25, 0.3) is 0 Å². The molecule has 5 heteroatoms. The molecule has 0 unspecified atom stereocenters. The van der Waals surface area contributed by atoms with Crippen LogP contribution in [-0.4, -0.2) is 12.1 Å². The Morgan fingerprint density at radius 3 is 2.94 bits per heavy atom. The predicted octanol–water partition coefficient (Wildman–Crippen LogP) is 3.49. The number of methoxy groups -OCH3 is 1. The smallest absolute Gasteiger partial charge is 0.218 e. The Morgan fingerprint density at radius 1 is 1.39 bits per heavy atom. The Labute approximate surface area is 110 Å². The SMILES string of the molecule is COc1ncccc1CNc1ccc(Cl)c(F)c1. The first kappa shape index (κ1) is 12.6. The molecule has 0 amide bonds. The summed E-state index contributed by atoms with van der Waals surface area (Å²) >= 11 is 5.61. The molecule has 0 aliphatic heterocycles. The van der Waals surface area contributed by atoms with E-state index in [1.165, 1.54) is 12.1 Å². The number of halogens is 2. The van der Waals surface area contributed by atoms with Crippen LogP contribution in [0.25, 0.3) is 0 Å². The first-order valence-corrected chi connectivity index (χ1v) is 5.75. The van der Waals surface area contributed by atoms with Crippen LogP contribution in [0.2, 0.25) is 5.02 Å². The minimum Gasteiger partial charge on any atom is -0.481 e. The molecule has 2 rings (SSSR count). The van der Waals surface area contributed by atoms with Gasteiger partial charge in [-0.3, -0.25) is 0 Å². The molecule has 0 spiro atoms. The van der Waals surface area contributed by atoms with E-state index < -0.39 is 5.82 Å². The standard InChI is InChI=1S/C13H12ClFN2O/c1-18-13-9(3-2-6-16-13)8-17-10-4-5-11(14)12(15)7-10/h2-7,17H,8H2,1H3. The summed E-state index contributed by atoms with van der Waals surface area (Å²) in [6.07, 6.45) is 1.66. The molecule has 18 heavy (non-hydrogen) atoms. The molecule has 1 aromatic carbocycles. The summed E-state index contributed by atoms with van der Waals surface area (Å²) in [5, 5.41) is 3.20. The summed E-state index contributed by atoms with van der Waals surface area (Å²) < 4.78 is 18.4. The Kier molecular flexibility index (Phi) is 3.99. The summed E-state index contributed by atoms with van der Waals surface area (Å²) in [7, 11) is 1.56. The maximum absolute atomic E-state index is 13.2. The van der Waals surface area contributed by atoms with E-state index in [0.717, 1.165) is 5.56 Å². The zero-order valence-corrected chi connectivity index (χ0v) is 10.5. The second kappa shape index (κ2) is 5.69. The molecule has 94 valence electrons. The minimum atomic E-state index is -0.445. The van der Waals surface area contributed by atoms with Crippen LogP contribution in [0.5, 0.6) is 5.88 Å². The highest BCUT2D eigenvalue weighted by Crippen LogP contribution is 2.20. The fraction of sp³-hybridized carbons (Fsp3) is 0.154. The number of hydrogen-bond acceptors (Lipinski definition) is 3. The molecule has 2 aromatic rings. The Balaban J connectivity index is 2.09. The lowest BCUT2D eigenvalue weighted by Gasteiger charge is -2.09. The van der Waals surface area contributed by atoms with Crippen LogP contribution in [0.4, 0.5) is 10.1 Å². The summed E-state index contributed by atoms with van der Waals surface area (Å²) in [5.74, 6) is 0.110. The van der Waals surface area contributed by atoms with E-state index in [1.807, 2.05) is 12.1 Å². The van der Waals surface area contributed by atoms with Crippen molar-refractivity contribution in [3.8, 4) is 5.88 Å². The van der Waals surface area contributed by atoms with Crippen LogP contribution in [0.3, 0.4) is 0 Å². The van der Waals surface area contributed by atoms with E-state index >= 15 is 0 Å². The van der Waals surface area contributed by atoms with Gasteiger partial charge in [-0.05, 0) is 24.3 Å². The van der Waals surface area contributed by atoms with Gasteiger partial charge < -0.3 is 10.1 Å². The van der Waals surface area contributed by atoms with E-state index in [0.29, 0.717) is 18.1 Å². The normalized spacial score (nSPS) is 10.2. The molecule has 0 aliphatic rings. The number of nitrogens with one attached hydrogen (secondary N) is 1. The Bertz CT molecular complexity index is 548. The fourth-order valence-corrected chi connectivity index (χ4v) is 1.66. The molecule has 0 bridgehead atoms. The summed E-state index contributed by atoms with van der Waals surface area (Å²) in [4.78, 5) is 4.08. The summed E-state index contributed by atoms with van der Waals surface area (Å²) in [5.41, 5.74) is 1.55. The number of rotatable bonds is 4. The lowest BCUT2D eigenvalue weighted by atomic mass is 10.2. The van der Waals surface area contributed by atoms with Gasteiger partial charge in [-0.25, -0.2) is 9.37 Å². The van der Waals surface area contributed by atoms with Gasteiger partial charge in [-0.2, -0.15) is 0 Å². The fourth-order valence-electron chi connectivity index (χ4n) is 1.55. The van der Waals surface area contributed by atoms with Crippen LogP contribution in [0.1, 0.15) is 5.56 Å². The van der Waals surface area contributed by atoms with Crippen molar-refractivity contribution < 1.29 is 9.13 Å². The van der Waals surface area contributed by atoms with Gasteiger partial charge in [0.1, 0.15) is 5.82 Å². The second-order valence-electron chi connectivity index (χ2n) is 3.65. The molecule has 0 fully saturated rings. The molecule has 1 N–H and O–H groups in total. The molecule has 3 nitrogen and oxygen atoms in total. The van der Waals surface area contributed by atoms with E-state index in [-0.39, 0.29) is 5.02 Å². The minimum absolute atomic E-state index is 0.111. The average Bonchev–Trinajstić information content (AvgIpc) is 2.40. The quantitative estimate of drug-likeness (QED) is 0.920. The van der Waals surface area contributed by atoms with Crippen LogP contribution in [-0.2, 0) is 6.54 Å². The highest BCUT2D eigenvalue weighted by atomic mass is 35.5. The van der Waals surface area contributed by atoms with Crippen LogP contribution >= 0.6 is 11.6 Å². The zero-order valence-electron chi connectivity index (χ0n) is 9.78. The van der Waals surface area contributed by atoms with Crippen molar-refractivity contribution in [2.75, 3.05) is 12.4 Å². The maximum Gasteiger partial charge on any atom is 0.218 e. The first-order chi connectivity index (χ1) is 8.70. The van der Waals surface area contributed by atoms with Crippen molar-refractivity contribution in [2.45, 2.75) is 6.54 Å². The van der Waals surface area contributed by atoms with Crippen molar-refractivity contribution in [1.82, 2.24) is 4.98 Å². The monoisotopic (exact) mass is 266 g/mol. The molecular formula is C13H12ClFN2O. The van der Waals surface area contributed by atoms with Crippen LogP contribution in [0.15, 0.2) is 36.5 Å². The van der Waals surface area contributed by atoms with E-state index in [9.17, 15) is 4.39 Å². The highest BCUT2D eigenvalue weighted by Gasteiger charge is 2.04. The highest BCUT2D eigenvalue weighted by molar-refractivity contribution is 6.30. The molecule has 1 heterocycles. The van der Waals surface area contributed by atoms with E-state index in [4.69, 9.17) is 16.3 Å². The van der Waals surface area contributed by atoms with Gasteiger partial charge in [0, 0.05) is 24.0 Å². The summed E-state index contributed by atoms with van der Waals surface area (Å²) in [6.45, 7) is 0.498. The molecule has 0 atom stereocenters. The van der Waals surface area contributed by atoms with Crippen molar-refractivity contribution in [1.29, 1.82) is 0 Å². The third-order valence-corrected chi connectivity index (χ3v) is 2.75. The Morgan fingerprint density at radius 2 is 2.22 bits per heavy atom.